The fraction of sp³-hybridized carbons (Fsp3) is 0.571. The Morgan fingerprint density at radius 3 is 2.73 bits per heavy atom. The van der Waals surface area contributed by atoms with E-state index in [-0.39, 0.29) is 11.9 Å². The molecule has 1 heterocycles. The number of nitrogens with zero attached hydrogens (tertiary/aromatic N) is 2. The molecular formula is C7H12N2OS. The molecule has 1 aromatic heterocycles. The highest BCUT2D eigenvalue weighted by Gasteiger charge is 2.08. The molecule has 4 heteroatoms. The van der Waals surface area contributed by atoms with E-state index in [9.17, 15) is 0 Å². The molecule has 1 aromatic rings. The lowest BCUT2D eigenvalue weighted by molar-refractivity contribution is 0.272. The fourth-order valence-corrected chi connectivity index (χ4v) is 1.24. The Hall–Kier alpha value is -0.480. The Morgan fingerprint density at radius 1 is 1.82 bits per heavy atom. The largest absolute Gasteiger partial charge is 0.390 e. The van der Waals surface area contributed by atoms with Crippen LogP contribution in [-0.2, 0) is 13.7 Å². The number of aliphatic hydroxyl groups is 1. The second kappa shape index (κ2) is 3.28. The number of rotatable bonds is 2. The molecule has 0 aliphatic rings. The number of hydrogen-bond donors (Lipinski definition) is 2. The van der Waals surface area contributed by atoms with Crippen LogP contribution in [0.2, 0.25) is 0 Å². The van der Waals surface area contributed by atoms with Gasteiger partial charge in [-0.2, -0.15) is 12.6 Å². The molecule has 0 spiro atoms. The van der Waals surface area contributed by atoms with Crippen LogP contribution in [0.5, 0.6) is 0 Å². The summed E-state index contributed by atoms with van der Waals surface area (Å²) in [5.41, 5.74) is 0.820. The molecule has 0 fully saturated rings. The summed E-state index contributed by atoms with van der Waals surface area (Å²) in [6, 6.07) is 0. The molecule has 0 saturated carbocycles. The minimum atomic E-state index is 0.0317. The molecule has 1 atom stereocenters. The lowest BCUT2D eigenvalue weighted by atomic mass is 10.4. The first kappa shape index (κ1) is 8.62. The first-order chi connectivity index (χ1) is 5.16. The van der Waals surface area contributed by atoms with Gasteiger partial charge in [0.25, 0.3) is 0 Å². The van der Waals surface area contributed by atoms with E-state index >= 15 is 0 Å². The number of aliphatic hydroxyl groups excluding tert-OH is 1. The van der Waals surface area contributed by atoms with Crippen molar-refractivity contribution in [3.8, 4) is 0 Å². The van der Waals surface area contributed by atoms with Gasteiger partial charge in [0.05, 0.1) is 23.7 Å². The van der Waals surface area contributed by atoms with E-state index in [1.807, 2.05) is 18.5 Å². The van der Waals surface area contributed by atoms with E-state index in [0.29, 0.717) is 0 Å². The molecule has 0 aliphatic heterocycles. The monoisotopic (exact) mass is 172 g/mol. The van der Waals surface area contributed by atoms with E-state index in [0.717, 1.165) is 11.5 Å². The number of thiol groups is 1. The van der Waals surface area contributed by atoms with Crippen LogP contribution < -0.4 is 0 Å². The Kier molecular flexibility index (Phi) is 2.57. The zero-order valence-corrected chi connectivity index (χ0v) is 7.55. The normalized spacial score (nSPS) is 13.5. The Morgan fingerprint density at radius 2 is 2.45 bits per heavy atom. The summed E-state index contributed by atoms with van der Waals surface area (Å²) in [6.45, 7) is 1.98. The summed E-state index contributed by atoms with van der Waals surface area (Å²) >= 11 is 4.24. The molecule has 1 N–H and O–H groups in total. The third-order valence-corrected chi connectivity index (χ3v) is 1.89. The van der Waals surface area contributed by atoms with Crippen molar-refractivity contribution in [3.05, 3.63) is 17.7 Å². The minimum absolute atomic E-state index is 0.0317. The van der Waals surface area contributed by atoms with Gasteiger partial charge >= 0.3 is 0 Å². The fourth-order valence-electron chi connectivity index (χ4n) is 0.996. The zero-order valence-electron chi connectivity index (χ0n) is 6.65. The van der Waals surface area contributed by atoms with Gasteiger partial charge in [-0.1, -0.05) is 0 Å². The number of aromatic nitrogens is 2. The summed E-state index contributed by atoms with van der Waals surface area (Å²) in [6.07, 6.45) is 1.67. The van der Waals surface area contributed by atoms with E-state index in [2.05, 4.69) is 17.6 Å². The molecule has 0 amide bonds. The molecule has 11 heavy (non-hydrogen) atoms. The number of imidazole rings is 1. The topological polar surface area (TPSA) is 38.1 Å². The van der Waals surface area contributed by atoms with Crippen molar-refractivity contribution in [2.75, 3.05) is 0 Å². The summed E-state index contributed by atoms with van der Waals surface area (Å²) < 4.78 is 1.86. The number of hydrogen-bond acceptors (Lipinski definition) is 3. The van der Waals surface area contributed by atoms with Crippen LogP contribution in [0.4, 0.5) is 0 Å². The Labute approximate surface area is 71.5 Å². The van der Waals surface area contributed by atoms with Crippen molar-refractivity contribution in [1.29, 1.82) is 0 Å². The lowest BCUT2D eigenvalue weighted by Gasteiger charge is -2.05. The molecule has 0 radical (unpaired) electrons. The quantitative estimate of drug-likeness (QED) is 0.651. The van der Waals surface area contributed by atoms with Crippen LogP contribution in [0.3, 0.4) is 0 Å². The van der Waals surface area contributed by atoms with Gasteiger partial charge in [-0.3, -0.25) is 0 Å². The van der Waals surface area contributed by atoms with Crippen LogP contribution in [0.1, 0.15) is 23.7 Å². The summed E-state index contributed by atoms with van der Waals surface area (Å²) in [7, 11) is 1.88. The predicted molar refractivity (Wildman–Crippen MR) is 46.5 cm³/mol. The summed E-state index contributed by atoms with van der Waals surface area (Å²) in [5, 5.41) is 8.94. The second-order valence-corrected chi connectivity index (χ2v) is 3.28. The van der Waals surface area contributed by atoms with E-state index < -0.39 is 0 Å². The van der Waals surface area contributed by atoms with Crippen LogP contribution in [0.25, 0.3) is 0 Å². The molecule has 0 aliphatic carbocycles. The van der Waals surface area contributed by atoms with Crippen LogP contribution in [0, 0.1) is 0 Å². The van der Waals surface area contributed by atoms with Gasteiger partial charge in [0, 0.05) is 7.05 Å². The Bertz CT molecular complexity index is 245. The first-order valence-electron chi connectivity index (χ1n) is 3.46. The highest BCUT2D eigenvalue weighted by atomic mass is 32.1. The zero-order chi connectivity index (χ0) is 8.43. The molecular weight excluding hydrogens is 160 g/mol. The van der Waals surface area contributed by atoms with Gasteiger partial charge in [0.2, 0.25) is 0 Å². The predicted octanol–water partition coefficient (Wildman–Crippen LogP) is 0.903. The molecule has 0 aromatic carbocycles. The maximum absolute atomic E-state index is 8.83. The standard InChI is InChI=1S/C7H12N2OS/c1-5(11)7-8-3-6(4-10)9(7)2/h3,5,10-11H,4H2,1-2H3. The van der Waals surface area contributed by atoms with Gasteiger partial charge in [-0.05, 0) is 6.92 Å². The van der Waals surface area contributed by atoms with Crippen molar-refractivity contribution < 1.29 is 5.11 Å². The van der Waals surface area contributed by atoms with Crippen molar-refractivity contribution in [2.24, 2.45) is 7.05 Å². The van der Waals surface area contributed by atoms with Crippen molar-refractivity contribution in [2.45, 2.75) is 18.8 Å². The highest BCUT2D eigenvalue weighted by Crippen LogP contribution is 2.17. The average Bonchev–Trinajstić information content (AvgIpc) is 2.30. The van der Waals surface area contributed by atoms with Crippen molar-refractivity contribution in [1.82, 2.24) is 9.55 Å². The molecule has 62 valence electrons. The molecule has 3 nitrogen and oxygen atoms in total. The smallest absolute Gasteiger partial charge is 0.121 e. The maximum Gasteiger partial charge on any atom is 0.121 e. The van der Waals surface area contributed by atoms with Gasteiger partial charge in [-0.25, -0.2) is 4.98 Å². The molecule has 1 unspecified atom stereocenters. The Balaban J connectivity index is 3.00. The summed E-state index contributed by atoms with van der Waals surface area (Å²) in [5.74, 6) is 0.886. The SMILES string of the molecule is CC(S)c1ncc(CO)n1C. The van der Waals surface area contributed by atoms with Crippen molar-refractivity contribution >= 4 is 12.6 Å². The third-order valence-electron chi connectivity index (χ3n) is 1.66. The third kappa shape index (κ3) is 1.57. The summed E-state index contributed by atoms with van der Waals surface area (Å²) in [4.78, 5) is 4.11. The molecule has 0 saturated heterocycles. The van der Waals surface area contributed by atoms with Crippen LogP contribution in [0.15, 0.2) is 6.20 Å². The van der Waals surface area contributed by atoms with Gasteiger partial charge in [0.15, 0.2) is 0 Å². The lowest BCUT2D eigenvalue weighted by Crippen LogP contribution is -2.02. The molecule has 1 rings (SSSR count). The minimum Gasteiger partial charge on any atom is -0.390 e. The van der Waals surface area contributed by atoms with Gasteiger partial charge < -0.3 is 9.67 Å². The van der Waals surface area contributed by atoms with E-state index in [4.69, 9.17) is 5.11 Å². The first-order valence-corrected chi connectivity index (χ1v) is 3.98. The van der Waals surface area contributed by atoms with Crippen molar-refractivity contribution in [3.63, 3.8) is 0 Å². The second-order valence-electron chi connectivity index (χ2n) is 2.50. The van der Waals surface area contributed by atoms with E-state index in [1.54, 1.807) is 6.20 Å². The molecule has 0 bridgehead atoms. The van der Waals surface area contributed by atoms with Gasteiger partial charge in [0.1, 0.15) is 5.82 Å². The van der Waals surface area contributed by atoms with Crippen LogP contribution >= 0.6 is 12.6 Å². The van der Waals surface area contributed by atoms with Gasteiger partial charge in [-0.15, -0.1) is 0 Å². The van der Waals surface area contributed by atoms with E-state index in [1.165, 1.54) is 0 Å². The maximum atomic E-state index is 8.83. The van der Waals surface area contributed by atoms with Crippen LogP contribution in [-0.4, -0.2) is 14.7 Å². The highest BCUT2D eigenvalue weighted by molar-refractivity contribution is 7.80. The average molecular weight is 172 g/mol.